The Hall–Kier alpha value is -3.78. The first kappa shape index (κ1) is 20.8. The number of carbonyl (C=O) groups is 2. The van der Waals surface area contributed by atoms with Gasteiger partial charge in [-0.1, -0.05) is 36.4 Å². The molecule has 8 heteroatoms. The number of rotatable bonds is 3. The number of ether oxygens (including phenoxy) is 2. The zero-order valence-corrected chi connectivity index (χ0v) is 18.6. The summed E-state index contributed by atoms with van der Waals surface area (Å²) in [4.78, 5) is 26.9. The van der Waals surface area contributed by atoms with E-state index in [-0.39, 0.29) is 28.5 Å². The standard InChI is InChI=1S/C26H24N4O4/c31-25(24-18-6-1-3-8-20(18)33-21-9-4-2-7-19(21)24)34-22-16-30(14-11-17(22)12-15-30)26(32)28-23-10-5-13-27-29-23/h1-10,13,17,22,24H,11-12,14-16H2/p+1/t17?,22-,30?/m0/s1. The molecular weight excluding hydrogens is 432 g/mol. The Morgan fingerprint density at radius 3 is 2.26 bits per heavy atom. The smallest absolute Gasteiger partial charge is 0.422 e. The highest BCUT2D eigenvalue weighted by Crippen LogP contribution is 2.45. The molecule has 0 spiro atoms. The minimum atomic E-state index is -0.557. The van der Waals surface area contributed by atoms with Gasteiger partial charge in [-0.05, 0) is 24.3 Å². The van der Waals surface area contributed by atoms with E-state index in [9.17, 15) is 9.59 Å². The van der Waals surface area contributed by atoms with E-state index in [2.05, 4.69) is 15.5 Å². The lowest BCUT2D eigenvalue weighted by atomic mass is 9.83. The Morgan fingerprint density at radius 1 is 0.941 bits per heavy atom. The average Bonchev–Trinajstić information content (AvgIpc) is 2.88. The van der Waals surface area contributed by atoms with E-state index < -0.39 is 5.92 Å². The number of quaternary nitrogens is 1. The predicted octanol–water partition coefficient (Wildman–Crippen LogP) is 4.10. The quantitative estimate of drug-likeness (QED) is 0.471. The zero-order valence-electron chi connectivity index (χ0n) is 18.6. The molecule has 4 aliphatic rings. The molecule has 7 rings (SSSR count). The third kappa shape index (κ3) is 3.51. The molecule has 5 heterocycles. The highest BCUT2D eigenvalue weighted by Gasteiger charge is 2.52. The molecule has 1 aromatic heterocycles. The molecule has 172 valence electrons. The van der Waals surface area contributed by atoms with Gasteiger partial charge in [-0.15, -0.1) is 5.10 Å². The van der Waals surface area contributed by atoms with Crippen LogP contribution in [0.4, 0.5) is 10.6 Å². The van der Waals surface area contributed by atoms with Gasteiger partial charge in [-0.25, -0.2) is 9.28 Å². The second kappa shape index (κ2) is 8.22. The Kier molecular flexibility index (Phi) is 5.03. The van der Waals surface area contributed by atoms with E-state index in [1.54, 1.807) is 18.3 Å². The topological polar surface area (TPSA) is 90.4 Å². The number of carbonyl (C=O) groups excluding carboxylic acids is 2. The van der Waals surface area contributed by atoms with Crippen LogP contribution in [0.15, 0.2) is 66.9 Å². The third-order valence-electron chi connectivity index (χ3n) is 7.33. The van der Waals surface area contributed by atoms with Gasteiger partial charge in [-0.2, -0.15) is 5.10 Å². The molecule has 0 radical (unpaired) electrons. The Morgan fingerprint density at radius 2 is 1.62 bits per heavy atom. The molecule has 0 saturated carbocycles. The summed E-state index contributed by atoms with van der Waals surface area (Å²) < 4.78 is 12.5. The molecular formula is C26H25N4O4+. The van der Waals surface area contributed by atoms with E-state index in [0.29, 0.717) is 23.9 Å². The van der Waals surface area contributed by atoms with Gasteiger partial charge in [0, 0.05) is 36.1 Å². The summed E-state index contributed by atoms with van der Waals surface area (Å²) in [5, 5.41) is 10.7. The molecule has 34 heavy (non-hydrogen) atoms. The van der Waals surface area contributed by atoms with Crippen LogP contribution in [-0.2, 0) is 9.53 Å². The normalized spacial score (nSPS) is 24.9. The molecule has 8 nitrogen and oxygen atoms in total. The van der Waals surface area contributed by atoms with Crippen LogP contribution in [0.3, 0.4) is 0 Å². The first-order chi connectivity index (χ1) is 16.6. The van der Waals surface area contributed by atoms with Crippen molar-refractivity contribution in [1.82, 2.24) is 10.2 Å². The Labute approximate surface area is 197 Å². The lowest BCUT2D eigenvalue weighted by Gasteiger charge is -2.49. The fourth-order valence-corrected chi connectivity index (χ4v) is 5.53. The molecule has 0 aliphatic carbocycles. The number of nitrogens with zero attached hydrogens (tertiary/aromatic N) is 3. The van der Waals surface area contributed by atoms with Crippen molar-refractivity contribution in [2.75, 3.05) is 25.0 Å². The van der Waals surface area contributed by atoms with Crippen molar-refractivity contribution >= 4 is 17.8 Å². The first-order valence-electron chi connectivity index (χ1n) is 11.6. The Balaban J connectivity index is 1.24. The van der Waals surface area contributed by atoms with Gasteiger partial charge >= 0.3 is 12.0 Å². The maximum absolute atomic E-state index is 13.6. The number of hydrogen-bond donors (Lipinski definition) is 1. The van der Waals surface area contributed by atoms with Crippen molar-refractivity contribution in [1.29, 1.82) is 0 Å². The maximum Gasteiger partial charge on any atom is 0.422 e. The van der Waals surface area contributed by atoms with Crippen molar-refractivity contribution in [2.45, 2.75) is 24.9 Å². The number of amides is 2. The molecule has 3 fully saturated rings. The van der Waals surface area contributed by atoms with Crippen molar-refractivity contribution < 1.29 is 23.5 Å². The molecule has 2 amide bonds. The number of aromatic nitrogens is 2. The van der Waals surface area contributed by atoms with Crippen molar-refractivity contribution in [3.05, 3.63) is 78.0 Å². The molecule has 2 bridgehead atoms. The van der Waals surface area contributed by atoms with Crippen LogP contribution in [0, 0.1) is 5.92 Å². The summed E-state index contributed by atoms with van der Waals surface area (Å²) in [6.45, 7) is 1.93. The van der Waals surface area contributed by atoms with Crippen LogP contribution in [0.25, 0.3) is 0 Å². The van der Waals surface area contributed by atoms with Crippen LogP contribution in [0.1, 0.15) is 29.9 Å². The molecule has 4 aliphatic heterocycles. The van der Waals surface area contributed by atoms with Gasteiger partial charge in [0.1, 0.15) is 24.0 Å². The largest absolute Gasteiger partial charge is 0.457 e. The fraction of sp³-hybridized carbons (Fsp3) is 0.308. The van der Waals surface area contributed by atoms with E-state index in [1.807, 2.05) is 48.5 Å². The molecule has 2 aromatic carbocycles. The lowest BCUT2D eigenvalue weighted by Crippen LogP contribution is -2.68. The number of piperidine rings is 3. The number of benzene rings is 2. The van der Waals surface area contributed by atoms with E-state index in [4.69, 9.17) is 9.47 Å². The number of urea groups is 1. The Bertz CT molecular complexity index is 1190. The van der Waals surface area contributed by atoms with Crippen molar-refractivity contribution in [2.24, 2.45) is 5.92 Å². The van der Waals surface area contributed by atoms with Gasteiger partial charge in [0.05, 0.1) is 13.1 Å². The summed E-state index contributed by atoms with van der Waals surface area (Å²) in [7, 11) is 0. The minimum absolute atomic E-state index is 0.124. The van der Waals surface area contributed by atoms with Crippen molar-refractivity contribution in [3.63, 3.8) is 0 Å². The lowest BCUT2D eigenvalue weighted by molar-refractivity contribution is -0.869. The monoisotopic (exact) mass is 457 g/mol. The molecule has 0 unspecified atom stereocenters. The highest BCUT2D eigenvalue weighted by atomic mass is 16.5. The molecule has 3 saturated heterocycles. The fourth-order valence-electron chi connectivity index (χ4n) is 5.53. The van der Waals surface area contributed by atoms with Crippen LogP contribution < -0.4 is 10.1 Å². The van der Waals surface area contributed by atoms with Gasteiger partial charge in [0.25, 0.3) is 0 Å². The number of hydrogen-bond acceptors (Lipinski definition) is 6. The predicted molar refractivity (Wildman–Crippen MR) is 123 cm³/mol. The number of esters is 1. The molecule has 1 N–H and O–H groups in total. The van der Waals surface area contributed by atoms with Gasteiger partial charge < -0.3 is 9.47 Å². The summed E-state index contributed by atoms with van der Waals surface area (Å²) in [6.07, 6.45) is 2.93. The number of anilines is 1. The minimum Gasteiger partial charge on any atom is -0.457 e. The van der Waals surface area contributed by atoms with Gasteiger partial charge in [0.15, 0.2) is 11.9 Å². The zero-order chi connectivity index (χ0) is 23.1. The van der Waals surface area contributed by atoms with Crippen molar-refractivity contribution in [3.8, 4) is 11.5 Å². The SMILES string of the molecule is O=C(O[C@H]1C[N+]2(C(=O)Nc3cccnn3)CCC1CC2)C1c2ccccc2Oc2ccccc21. The van der Waals surface area contributed by atoms with Crippen LogP contribution in [-0.4, -0.2) is 52.4 Å². The third-order valence-corrected chi connectivity index (χ3v) is 7.33. The van der Waals surface area contributed by atoms with E-state index in [1.165, 1.54) is 0 Å². The molecule has 1 atom stereocenters. The number of nitrogens with one attached hydrogen (secondary N) is 1. The number of fused-ring (bicyclic) bond motifs is 5. The first-order valence-corrected chi connectivity index (χ1v) is 11.6. The molecule has 3 aromatic rings. The van der Waals surface area contributed by atoms with Gasteiger partial charge in [0.2, 0.25) is 0 Å². The van der Waals surface area contributed by atoms with Crippen LogP contribution in [0.5, 0.6) is 11.5 Å². The maximum atomic E-state index is 13.6. The summed E-state index contributed by atoms with van der Waals surface area (Å²) in [6, 6.07) is 18.5. The second-order valence-corrected chi connectivity index (χ2v) is 9.24. The second-order valence-electron chi connectivity index (χ2n) is 9.24. The summed E-state index contributed by atoms with van der Waals surface area (Å²) in [5.74, 6) is 1.18. The average molecular weight is 458 g/mol. The summed E-state index contributed by atoms with van der Waals surface area (Å²) in [5.41, 5.74) is 1.61. The van der Waals surface area contributed by atoms with E-state index in [0.717, 1.165) is 37.1 Å². The number of para-hydroxylation sites is 2. The van der Waals surface area contributed by atoms with Gasteiger partial charge in [-0.3, -0.25) is 10.1 Å². The van der Waals surface area contributed by atoms with E-state index >= 15 is 0 Å². The van der Waals surface area contributed by atoms with Crippen LogP contribution in [0.2, 0.25) is 0 Å². The summed E-state index contributed by atoms with van der Waals surface area (Å²) >= 11 is 0. The highest BCUT2D eigenvalue weighted by molar-refractivity contribution is 5.86. The van der Waals surface area contributed by atoms with Crippen LogP contribution >= 0.6 is 0 Å².